The predicted molar refractivity (Wildman–Crippen MR) is 108 cm³/mol. The number of amides is 2. The lowest BCUT2D eigenvalue weighted by atomic mass is 9.73. The predicted octanol–water partition coefficient (Wildman–Crippen LogP) is 2.95. The fourth-order valence-corrected chi connectivity index (χ4v) is 4.13. The van der Waals surface area contributed by atoms with Gasteiger partial charge in [-0.05, 0) is 36.6 Å². The van der Waals surface area contributed by atoms with Crippen molar-refractivity contribution in [1.29, 1.82) is 0 Å². The molecule has 2 aliphatic heterocycles. The molecule has 1 saturated heterocycles. The number of likely N-dealkylation sites (tertiary alicyclic amines) is 1. The van der Waals surface area contributed by atoms with Crippen molar-refractivity contribution in [2.75, 3.05) is 39.2 Å². The van der Waals surface area contributed by atoms with Crippen LogP contribution in [0.1, 0.15) is 18.4 Å². The molecule has 4 rings (SSSR count). The van der Waals surface area contributed by atoms with E-state index in [0.717, 1.165) is 11.3 Å². The Morgan fingerprint density at radius 2 is 1.83 bits per heavy atom. The molecule has 0 bridgehead atoms. The molecule has 7 nitrogen and oxygen atoms in total. The van der Waals surface area contributed by atoms with Crippen molar-refractivity contribution in [3.63, 3.8) is 0 Å². The van der Waals surface area contributed by atoms with Gasteiger partial charge >= 0.3 is 0 Å². The van der Waals surface area contributed by atoms with E-state index >= 15 is 0 Å². The van der Waals surface area contributed by atoms with Gasteiger partial charge in [0.25, 0.3) is 0 Å². The van der Waals surface area contributed by atoms with E-state index < -0.39 is 5.41 Å². The lowest BCUT2D eigenvalue weighted by Gasteiger charge is -2.38. The first kappa shape index (κ1) is 19.3. The third-order valence-electron chi connectivity index (χ3n) is 5.71. The standard InChI is InChI=1S/C22H24N2O5/c1-27-14-20(25)24-10-8-22(9-11-24)16-12-18(28-2)19(13-17(16)23-21(22)26)29-15-6-4-3-5-7-15/h3-7,12-13H,8-11,14H2,1-2H3,(H,23,26). The van der Waals surface area contributed by atoms with Crippen LogP contribution in [0.15, 0.2) is 42.5 Å². The highest BCUT2D eigenvalue weighted by Crippen LogP contribution is 2.49. The third kappa shape index (κ3) is 3.42. The third-order valence-corrected chi connectivity index (χ3v) is 5.71. The zero-order chi connectivity index (χ0) is 20.4. The molecule has 0 saturated carbocycles. The number of fused-ring (bicyclic) bond motifs is 2. The van der Waals surface area contributed by atoms with Crippen molar-refractivity contribution in [3.8, 4) is 17.2 Å². The van der Waals surface area contributed by atoms with Crippen LogP contribution >= 0.6 is 0 Å². The molecule has 2 aromatic carbocycles. The van der Waals surface area contributed by atoms with Gasteiger partial charge in [-0.1, -0.05) is 18.2 Å². The van der Waals surface area contributed by atoms with Gasteiger partial charge in [-0.15, -0.1) is 0 Å². The Balaban J connectivity index is 1.62. The van der Waals surface area contributed by atoms with E-state index in [0.29, 0.717) is 43.2 Å². The van der Waals surface area contributed by atoms with Gasteiger partial charge in [-0.25, -0.2) is 0 Å². The molecule has 0 radical (unpaired) electrons. The van der Waals surface area contributed by atoms with E-state index in [9.17, 15) is 9.59 Å². The van der Waals surface area contributed by atoms with E-state index in [2.05, 4.69) is 5.32 Å². The number of para-hydroxylation sites is 1. The number of nitrogens with one attached hydrogen (secondary N) is 1. The van der Waals surface area contributed by atoms with Gasteiger partial charge in [0.15, 0.2) is 11.5 Å². The second-order valence-electron chi connectivity index (χ2n) is 7.31. The summed E-state index contributed by atoms with van der Waals surface area (Å²) in [6.07, 6.45) is 1.12. The molecule has 29 heavy (non-hydrogen) atoms. The van der Waals surface area contributed by atoms with Crippen molar-refractivity contribution >= 4 is 17.5 Å². The second kappa shape index (κ2) is 7.75. The van der Waals surface area contributed by atoms with Crippen molar-refractivity contribution in [2.24, 2.45) is 0 Å². The maximum absolute atomic E-state index is 13.0. The zero-order valence-electron chi connectivity index (χ0n) is 16.6. The molecule has 7 heteroatoms. The minimum Gasteiger partial charge on any atom is -0.493 e. The molecule has 152 valence electrons. The van der Waals surface area contributed by atoms with Crippen LogP contribution in [0, 0.1) is 0 Å². The Morgan fingerprint density at radius 1 is 1.10 bits per heavy atom. The maximum atomic E-state index is 13.0. The topological polar surface area (TPSA) is 77.1 Å². The summed E-state index contributed by atoms with van der Waals surface area (Å²) in [7, 11) is 3.09. The van der Waals surface area contributed by atoms with Crippen molar-refractivity contribution in [2.45, 2.75) is 18.3 Å². The van der Waals surface area contributed by atoms with Crippen LogP contribution in [0.3, 0.4) is 0 Å². The van der Waals surface area contributed by atoms with Gasteiger partial charge in [-0.2, -0.15) is 0 Å². The van der Waals surface area contributed by atoms with Crippen LogP contribution < -0.4 is 14.8 Å². The highest BCUT2D eigenvalue weighted by molar-refractivity contribution is 6.07. The molecular weight excluding hydrogens is 372 g/mol. The number of hydrogen-bond donors (Lipinski definition) is 1. The Hall–Kier alpha value is -3.06. The average Bonchev–Trinajstić information content (AvgIpc) is 2.99. The highest BCUT2D eigenvalue weighted by Gasteiger charge is 2.49. The molecule has 2 heterocycles. The quantitative estimate of drug-likeness (QED) is 0.841. The molecule has 0 aliphatic carbocycles. The van der Waals surface area contributed by atoms with E-state index in [1.807, 2.05) is 42.5 Å². The highest BCUT2D eigenvalue weighted by atomic mass is 16.5. The van der Waals surface area contributed by atoms with Crippen molar-refractivity contribution < 1.29 is 23.8 Å². The van der Waals surface area contributed by atoms with E-state index in [4.69, 9.17) is 14.2 Å². The Labute approximate surface area is 169 Å². The first-order valence-electron chi connectivity index (χ1n) is 9.61. The van der Waals surface area contributed by atoms with Gasteiger partial charge in [0.1, 0.15) is 12.4 Å². The van der Waals surface area contributed by atoms with Crippen LogP contribution in [0.25, 0.3) is 0 Å². The largest absolute Gasteiger partial charge is 0.493 e. The number of anilines is 1. The minimum absolute atomic E-state index is 0.0368. The molecular formula is C22H24N2O5. The lowest BCUT2D eigenvalue weighted by molar-refractivity contribution is -0.138. The normalized spacial score (nSPS) is 17.0. The number of ether oxygens (including phenoxy) is 3. The zero-order valence-corrected chi connectivity index (χ0v) is 16.6. The fourth-order valence-electron chi connectivity index (χ4n) is 4.13. The number of benzene rings is 2. The summed E-state index contributed by atoms with van der Waals surface area (Å²) in [6.45, 7) is 1.09. The molecule has 1 N–H and O–H groups in total. The Morgan fingerprint density at radius 3 is 2.48 bits per heavy atom. The maximum Gasteiger partial charge on any atom is 0.248 e. The summed E-state index contributed by atoms with van der Waals surface area (Å²) >= 11 is 0. The average molecular weight is 396 g/mol. The number of piperidine rings is 1. The number of hydrogen-bond acceptors (Lipinski definition) is 5. The van der Waals surface area contributed by atoms with E-state index in [1.54, 1.807) is 12.0 Å². The van der Waals surface area contributed by atoms with E-state index in [1.165, 1.54) is 7.11 Å². The number of carbonyl (C=O) groups is 2. The van der Waals surface area contributed by atoms with E-state index in [-0.39, 0.29) is 18.4 Å². The summed E-state index contributed by atoms with van der Waals surface area (Å²) in [4.78, 5) is 26.8. The Bertz CT molecular complexity index is 920. The monoisotopic (exact) mass is 396 g/mol. The van der Waals surface area contributed by atoms with Gasteiger partial charge in [-0.3, -0.25) is 9.59 Å². The summed E-state index contributed by atoms with van der Waals surface area (Å²) in [5, 5.41) is 3.00. The molecule has 0 aromatic heterocycles. The van der Waals surface area contributed by atoms with Crippen LogP contribution in [-0.2, 0) is 19.7 Å². The van der Waals surface area contributed by atoms with Crippen LogP contribution in [0.2, 0.25) is 0 Å². The van der Waals surface area contributed by atoms with Crippen LogP contribution in [0.5, 0.6) is 17.2 Å². The minimum atomic E-state index is -0.655. The summed E-state index contributed by atoms with van der Waals surface area (Å²) in [5.41, 5.74) is 0.981. The van der Waals surface area contributed by atoms with Gasteiger partial charge in [0, 0.05) is 32.0 Å². The molecule has 1 fully saturated rings. The van der Waals surface area contributed by atoms with Crippen LogP contribution in [-0.4, -0.2) is 50.6 Å². The number of nitrogens with zero attached hydrogens (tertiary/aromatic N) is 1. The fraction of sp³-hybridized carbons (Fsp3) is 0.364. The molecule has 2 amide bonds. The van der Waals surface area contributed by atoms with Gasteiger partial charge in [0.2, 0.25) is 11.8 Å². The summed E-state index contributed by atoms with van der Waals surface area (Å²) in [6, 6.07) is 13.1. The van der Waals surface area contributed by atoms with Crippen LogP contribution in [0.4, 0.5) is 5.69 Å². The molecule has 0 unspecified atom stereocenters. The second-order valence-corrected chi connectivity index (χ2v) is 7.31. The number of carbonyl (C=O) groups excluding carboxylic acids is 2. The number of rotatable bonds is 5. The van der Waals surface area contributed by atoms with Gasteiger partial charge < -0.3 is 24.4 Å². The molecule has 1 spiro atoms. The number of methoxy groups -OCH3 is 2. The smallest absolute Gasteiger partial charge is 0.248 e. The summed E-state index contributed by atoms with van der Waals surface area (Å²) < 4.78 is 16.5. The first-order valence-corrected chi connectivity index (χ1v) is 9.61. The van der Waals surface area contributed by atoms with Gasteiger partial charge in [0.05, 0.1) is 12.5 Å². The van der Waals surface area contributed by atoms with Crippen molar-refractivity contribution in [3.05, 3.63) is 48.0 Å². The SMILES string of the molecule is COCC(=O)N1CCC2(CC1)C(=O)Nc1cc(Oc3ccccc3)c(OC)cc12. The lowest BCUT2D eigenvalue weighted by Crippen LogP contribution is -2.49. The Kier molecular flexibility index (Phi) is 5.15. The summed E-state index contributed by atoms with van der Waals surface area (Å²) in [5.74, 6) is 1.72. The van der Waals surface area contributed by atoms with Crippen molar-refractivity contribution in [1.82, 2.24) is 4.90 Å². The first-order chi connectivity index (χ1) is 14.1. The molecule has 0 atom stereocenters. The molecule has 2 aromatic rings. The molecule has 2 aliphatic rings.